The number of nitrogens with zero attached hydrogens (tertiary/aromatic N) is 6. The van der Waals surface area contributed by atoms with Crippen molar-refractivity contribution in [2.75, 3.05) is 0 Å². The van der Waals surface area contributed by atoms with Gasteiger partial charge in [0.1, 0.15) is 18.7 Å². The van der Waals surface area contributed by atoms with Gasteiger partial charge in [-0.05, 0) is 47.9 Å². The number of halogens is 1. The molecule has 9 heteroatoms. The molecule has 1 aromatic carbocycles. The minimum Gasteiger partial charge on any atom is -0.338 e. The van der Waals surface area contributed by atoms with Gasteiger partial charge in [-0.1, -0.05) is 23.4 Å². The van der Waals surface area contributed by atoms with Gasteiger partial charge in [0.05, 0.1) is 6.33 Å². The van der Waals surface area contributed by atoms with E-state index in [0.29, 0.717) is 17.1 Å². The average molecular weight is 406 g/mol. The lowest BCUT2D eigenvalue weighted by atomic mass is 10.0. The van der Waals surface area contributed by atoms with Crippen molar-refractivity contribution < 1.29 is 8.91 Å². The second kappa shape index (κ2) is 7.33. The van der Waals surface area contributed by atoms with E-state index in [1.807, 2.05) is 12.1 Å². The molecule has 0 N–H and O–H groups in total. The number of allylic oxidation sites excluding steroid dienone is 2. The Morgan fingerprint density at radius 3 is 2.67 bits per heavy atom. The van der Waals surface area contributed by atoms with Gasteiger partial charge in [-0.3, -0.25) is 9.36 Å². The molecule has 0 spiro atoms. The molecule has 30 heavy (non-hydrogen) atoms. The Kier molecular flexibility index (Phi) is 4.50. The molecule has 0 aliphatic heterocycles. The summed E-state index contributed by atoms with van der Waals surface area (Å²) >= 11 is 0. The normalized spacial score (nSPS) is 19.2. The molecule has 8 nitrogen and oxygen atoms in total. The van der Waals surface area contributed by atoms with Gasteiger partial charge < -0.3 is 9.09 Å². The van der Waals surface area contributed by atoms with Crippen LogP contribution in [0.4, 0.5) is 4.39 Å². The first-order valence-corrected chi connectivity index (χ1v) is 9.67. The molecular formula is C21H19FN6O2. The van der Waals surface area contributed by atoms with Gasteiger partial charge in [0.25, 0.3) is 5.56 Å². The van der Waals surface area contributed by atoms with Gasteiger partial charge in [-0.25, -0.2) is 14.4 Å². The highest BCUT2D eigenvalue weighted by atomic mass is 19.1. The van der Waals surface area contributed by atoms with E-state index in [-0.39, 0.29) is 17.9 Å². The summed E-state index contributed by atoms with van der Waals surface area (Å²) in [7, 11) is 1.75. The second-order valence-corrected chi connectivity index (χ2v) is 7.60. The summed E-state index contributed by atoms with van der Waals surface area (Å²) in [6.07, 6.45) is 9.20. The lowest BCUT2D eigenvalue weighted by Crippen LogP contribution is -2.22. The molecule has 2 aliphatic rings. The Balaban J connectivity index is 0.000000133. The monoisotopic (exact) mass is 406 g/mol. The van der Waals surface area contributed by atoms with Gasteiger partial charge in [-0.15, -0.1) is 0 Å². The summed E-state index contributed by atoms with van der Waals surface area (Å²) < 4.78 is 20.5. The fourth-order valence-electron chi connectivity index (χ4n) is 3.79. The van der Waals surface area contributed by atoms with Crippen molar-refractivity contribution in [3.05, 3.63) is 76.9 Å². The third kappa shape index (κ3) is 3.54. The maximum atomic E-state index is 12.6. The topological polar surface area (TPSA) is 91.6 Å². The number of fused-ring (bicyclic) bond motifs is 2. The maximum Gasteiger partial charge on any atom is 0.280 e. The summed E-state index contributed by atoms with van der Waals surface area (Å²) in [6, 6.07) is 6.85. The molecule has 3 aromatic heterocycles. The highest BCUT2D eigenvalue weighted by Crippen LogP contribution is 2.52. The number of imidazole rings is 1. The van der Waals surface area contributed by atoms with Crippen molar-refractivity contribution in [2.45, 2.75) is 19.4 Å². The van der Waals surface area contributed by atoms with E-state index in [4.69, 9.17) is 4.52 Å². The Labute approximate surface area is 170 Å². The van der Waals surface area contributed by atoms with Gasteiger partial charge in [0.2, 0.25) is 5.89 Å². The Hall–Kier alpha value is -3.62. The van der Waals surface area contributed by atoms with Crippen molar-refractivity contribution in [3.8, 4) is 0 Å². The Morgan fingerprint density at radius 2 is 1.97 bits per heavy atom. The van der Waals surface area contributed by atoms with Crippen LogP contribution in [0.3, 0.4) is 0 Å². The first kappa shape index (κ1) is 18.4. The predicted octanol–water partition coefficient (Wildman–Crippen LogP) is 2.81. The molecule has 0 bridgehead atoms. The van der Waals surface area contributed by atoms with Crippen molar-refractivity contribution >= 4 is 16.7 Å². The summed E-state index contributed by atoms with van der Waals surface area (Å²) in [4.78, 5) is 24.1. The Bertz CT molecular complexity index is 1270. The van der Waals surface area contributed by atoms with Gasteiger partial charge in [0, 0.05) is 7.05 Å². The molecule has 2 aliphatic carbocycles. The number of rotatable bonds is 3. The largest absolute Gasteiger partial charge is 0.338 e. The van der Waals surface area contributed by atoms with E-state index in [9.17, 15) is 9.18 Å². The predicted molar refractivity (Wildman–Crippen MR) is 107 cm³/mol. The first-order valence-electron chi connectivity index (χ1n) is 9.67. The third-order valence-electron chi connectivity index (χ3n) is 5.50. The van der Waals surface area contributed by atoms with Crippen LogP contribution in [0.25, 0.3) is 16.7 Å². The van der Waals surface area contributed by atoms with E-state index in [0.717, 1.165) is 11.8 Å². The fraction of sp³-hybridized carbons (Fsp3) is 0.286. The molecule has 152 valence electrons. The zero-order valence-corrected chi connectivity index (χ0v) is 16.3. The lowest BCUT2D eigenvalue weighted by Gasteiger charge is -2.02. The summed E-state index contributed by atoms with van der Waals surface area (Å²) in [5.41, 5.74) is 3.31. The van der Waals surface area contributed by atoms with Crippen LogP contribution in [0, 0.1) is 17.7 Å². The molecular weight excluding hydrogens is 387 g/mol. The van der Waals surface area contributed by atoms with E-state index in [2.05, 4.69) is 26.2 Å². The molecule has 2 atom stereocenters. The van der Waals surface area contributed by atoms with Crippen molar-refractivity contribution in [1.29, 1.82) is 0 Å². The molecule has 0 unspecified atom stereocenters. The van der Waals surface area contributed by atoms with Crippen molar-refractivity contribution in [3.63, 3.8) is 0 Å². The standard InChI is InChI=1S/C12H11F.C9H8N6O2/c13-12-3-1-8(2-4-12)9-5-10-7-11(10)6-9;1-14-4-11-8-7(14)9(16)15(5-12-8)2-6-10-3-13-17-6/h1-5,10-11H,6-7H2;3-5H,2H2,1H3/t10-,11+;/m1./s1. The SMILES string of the molecule is Cn1cnc2ncn(Cc3ncno3)c(=O)c21.Fc1ccc(C2=C[C@@H]3C[C@@H]3C2)cc1. The van der Waals surface area contributed by atoms with E-state index in [1.54, 1.807) is 30.1 Å². The number of aromatic nitrogens is 6. The van der Waals surface area contributed by atoms with Gasteiger partial charge in [-0.2, -0.15) is 4.98 Å². The average Bonchev–Trinajstić information content (AvgIpc) is 3.14. The van der Waals surface area contributed by atoms with Crippen LogP contribution in [0.15, 0.2) is 58.6 Å². The lowest BCUT2D eigenvalue weighted by molar-refractivity contribution is 0.368. The minimum atomic E-state index is -0.187. The molecule has 3 heterocycles. The zero-order chi connectivity index (χ0) is 20.7. The van der Waals surface area contributed by atoms with E-state index >= 15 is 0 Å². The second-order valence-electron chi connectivity index (χ2n) is 7.60. The van der Waals surface area contributed by atoms with Crippen molar-refractivity contribution in [1.82, 2.24) is 29.2 Å². The van der Waals surface area contributed by atoms with Crippen LogP contribution in [0.2, 0.25) is 0 Å². The fourth-order valence-corrected chi connectivity index (χ4v) is 3.79. The summed E-state index contributed by atoms with van der Waals surface area (Å²) in [6.45, 7) is 0.201. The highest BCUT2D eigenvalue weighted by molar-refractivity contribution is 5.69. The molecule has 0 amide bonds. The van der Waals surface area contributed by atoms with E-state index < -0.39 is 0 Å². The number of hydrogen-bond acceptors (Lipinski definition) is 6. The van der Waals surface area contributed by atoms with Gasteiger partial charge in [0.15, 0.2) is 17.5 Å². The Morgan fingerprint density at radius 1 is 1.17 bits per heavy atom. The quantitative estimate of drug-likeness (QED) is 0.520. The molecule has 6 rings (SSSR count). The molecule has 1 fully saturated rings. The van der Waals surface area contributed by atoms with Crippen LogP contribution in [0.1, 0.15) is 24.3 Å². The van der Waals surface area contributed by atoms with Crippen LogP contribution >= 0.6 is 0 Å². The van der Waals surface area contributed by atoms with Crippen LogP contribution < -0.4 is 5.56 Å². The summed E-state index contributed by atoms with van der Waals surface area (Å²) in [5.74, 6) is 1.98. The van der Waals surface area contributed by atoms with Crippen molar-refractivity contribution in [2.24, 2.45) is 18.9 Å². The summed E-state index contributed by atoms with van der Waals surface area (Å²) in [5, 5.41) is 3.48. The third-order valence-corrected chi connectivity index (χ3v) is 5.50. The molecule has 0 radical (unpaired) electrons. The molecule has 4 aromatic rings. The number of benzene rings is 1. The minimum absolute atomic E-state index is 0.146. The highest BCUT2D eigenvalue weighted by Gasteiger charge is 2.40. The van der Waals surface area contributed by atoms with E-state index in [1.165, 1.54) is 41.2 Å². The first-order chi connectivity index (χ1) is 14.6. The van der Waals surface area contributed by atoms with Crippen LogP contribution in [0.5, 0.6) is 0 Å². The van der Waals surface area contributed by atoms with Crippen LogP contribution in [-0.2, 0) is 13.6 Å². The number of aryl methyl sites for hydroxylation is 1. The maximum absolute atomic E-state index is 12.6. The zero-order valence-electron chi connectivity index (χ0n) is 16.3. The smallest absolute Gasteiger partial charge is 0.280 e. The van der Waals surface area contributed by atoms with Gasteiger partial charge >= 0.3 is 0 Å². The molecule has 0 saturated heterocycles. The van der Waals surface area contributed by atoms with Crippen LogP contribution in [-0.4, -0.2) is 29.2 Å². The molecule has 1 saturated carbocycles. The number of hydrogen-bond donors (Lipinski definition) is 0.